The van der Waals surface area contributed by atoms with Crippen LogP contribution in [0.2, 0.25) is 10.0 Å². The fraction of sp³-hybridized carbons (Fsp3) is 0.600. The van der Waals surface area contributed by atoms with Crippen LogP contribution < -0.4 is 5.32 Å². The van der Waals surface area contributed by atoms with E-state index < -0.39 is 0 Å². The minimum Gasteiger partial charge on any atom is -0.312 e. The molecular formula is C15H21Cl2N. The van der Waals surface area contributed by atoms with E-state index in [0.717, 1.165) is 28.7 Å². The first-order valence-corrected chi connectivity index (χ1v) is 7.17. The summed E-state index contributed by atoms with van der Waals surface area (Å²) in [6, 6.07) is 5.65. The maximum absolute atomic E-state index is 6.15. The van der Waals surface area contributed by atoms with Crippen LogP contribution in [0.3, 0.4) is 0 Å². The van der Waals surface area contributed by atoms with Crippen LogP contribution >= 0.6 is 23.2 Å². The van der Waals surface area contributed by atoms with E-state index in [4.69, 9.17) is 23.2 Å². The van der Waals surface area contributed by atoms with Gasteiger partial charge in [0.25, 0.3) is 0 Å². The van der Waals surface area contributed by atoms with Gasteiger partial charge in [0.2, 0.25) is 0 Å². The molecule has 2 rings (SSSR count). The van der Waals surface area contributed by atoms with Crippen LogP contribution in [0.15, 0.2) is 18.2 Å². The maximum atomic E-state index is 6.15. The second-order valence-corrected chi connectivity index (χ2v) is 7.14. The van der Waals surface area contributed by atoms with Gasteiger partial charge in [-0.2, -0.15) is 0 Å². The molecule has 0 atom stereocenters. The predicted octanol–water partition coefficient (Wildman–Crippen LogP) is 4.77. The highest BCUT2D eigenvalue weighted by Crippen LogP contribution is 2.67. The third-order valence-corrected chi connectivity index (χ3v) is 5.74. The van der Waals surface area contributed by atoms with Gasteiger partial charge >= 0.3 is 0 Å². The molecule has 0 unspecified atom stereocenters. The number of hydrogen-bond donors (Lipinski definition) is 1. The van der Waals surface area contributed by atoms with Crippen molar-refractivity contribution < 1.29 is 0 Å². The van der Waals surface area contributed by atoms with E-state index in [0.29, 0.717) is 16.7 Å². The molecule has 0 amide bonds. The SMILES string of the molecule is CC1(C)C(CNCc2c(Cl)cccc2Cl)C1(C)C. The smallest absolute Gasteiger partial charge is 0.0465 e. The summed E-state index contributed by atoms with van der Waals surface area (Å²) >= 11 is 12.3. The molecule has 0 aromatic heterocycles. The summed E-state index contributed by atoms with van der Waals surface area (Å²) < 4.78 is 0. The molecular weight excluding hydrogens is 265 g/mol. The quantitative estimate of drug-likeness (QED) is 0.841. The van der Waals surface area contributed by atoms with Gasteiger partial charge in [-0.25, -0.2) is 0 Å². The van der Waals surface area contributed by atoms with Crippen molar-refractivity contribution >= 4 is 23.2 Å². The minimum atomic E-state index is 0.421. The van der Waals surface area contributed by atoms with Crippen molar-refractivity contribution in [3.63, 3.8) is 0 Å². The highest BCUT2D eigenvalue weighted by Gasteiger charge is 2.63. The van der Waals surface area contributed by atoms with E-state index in [1.807, 2.05) is 18.2 Å². The zero-order valence-electron chi connectivity index (χ0n) is 11.5. The van der Waals surface area contributed by atoms with Gasteiger partial charge in [0.15, 0.2) is 0 Å². The van der Waals surface area contributed by atoms with Crippen LogP contribution in [0.5, 0.6) is 0 Å². The van der Waals surface area contributed by atoms with Crippen molar-refractivity contribution in [2.75, 3.05) is 6.54 Å². The highest BCUT2D eigenvalue weighted by atomic mass is 35.5. The van der Waals surface area contributed by atoms with Gasteiger partial charge in [0.1, 0.15) is 0 Å². The van der Waals surface area contributed by atoms with Crippen molar-refractivity contribution in [2.24, 2.45) is 16.7 Å². The second kappa shape index (κ2) is 4.70. The van der Waals surface area contributed by atoms with Crippen molar-refractivity contribution in [2.45, 2.75) is 34.2 Å². The molecule has 1 fully saturated rings. The summed E-state index contributed by atoms with van der Waals surface area (Å²) in [4.78, 5) is 0. The lowest BCUT2D eigenvalue weighted by Crippen LogP contribution is -2.19. The first-order chi connectivity index (χ1) is 8.28. The zero-order valence-corrected chi connectivity index (χ0v) is 13.0. The zero-order chi connectivity index (χ0) is 13.6. The topological polar surface area (TPSA) is 12.0 Å². The van der Waals surface area contributed by atoms with Crippen LogP contribution in [0.25, 0.3) is 0 Å². The van der Waals surface area contributed by atoms with E-state index in [1.165, 1.54) is 0 Å². The molecule has 1 saturated carbocycles. The van der Waals surface area contributed by atoms with E-state index in [2.05, 4.69) is 33.0 Å². The van der Waals surface area contributed by atoms with Crippen molar-refractivity contribution in [1.82, 2.24) is 5.32 Å². The number of halogens is 2. The Morgan fingerprint density at radius 3 is 2.00 bits per heavy atom. The largest absolute Gasteiger partial charge is 0.312 e. The Labute approximate surface area is 120 Å². The molecule has 0 saturated heterocycles. The van der Waals surface area contributed by atoms with Gasteiger partial charge < -0.3 is 5.32 Å². The molecule has 0 heterocycles. The monoisotopic (exact) mass is 285 g/mol. The highest BCUT2D eigenvalue weighted by molar-refractivity contribution is 6.35. The third kappa shape index (κ3) is 2.29. The Morgan fingerprint density at radius 2 is 1.56 bits per heavy atom. The Bertz CT molecular complexity index is 418. The van der Waals surface area contributed by atoms with E-state index >= 15 is 0 Å². The lowest BCUT2D eigenvalue weighted by Gasteiger charge is -2.09. The number of benzene rings is 1. The lowest BCUT2D eigenvalue weighted by molar-refractivity contribution is 0.457. The molecule has 1 aliphatic rings. The fourth-order valence-corrected chi connectivity index (χ4v) is 3.42. The van der Waals surface area contributed by atoms with Gasteiger partial charge in [-0.3, -0.25) is 0 Å². The molecule has 1 aliphatic carbocycles. The van der Waals surface area contributed by atoms with Crippen molar-refractivity contribution in [1.29, 1.82) is 0 Å². The Kier molecular flexibility index (Phi) is 3.70. The van der Waals surface area contributed by atoms with Crippen molar-refractivity contribution in [3.05, 3.63) is 33.8 Å². The summed E-state index contributed by atoms with van der Waals surface area (Å²) in [5.74, 6) is 0.714. The molecule has 1 N–H and O–H groups in total. The summed E-state index contributed by atoms with van der Waals surface area (Å²) in [7, 11) is 0. The standard InChI is InChI=1S/C15H21Cl2N/c1-14(2)13(15(14,3)4)9-18-8-10-11(16)6-5-7-12(10)17/h5-7,13,18H,8-9H2,1-4H3. The molecule has 0 radical (unpaired) electrons. The van der Waals surface area contributed by atoms with Gasteiger partial charge in [-0.15, -0.1) is 0 Å². The molecule has 0 bridgehead atoms. The molecule has 0 aliphatic heterocycles. The van der Waals surface area contributed by atoms with Crippen LogP contribution in [0, 0.1) is 16.7 Å². The van der Waals surface area contributed by atoms with Crippen LogP contribution in [0.4, 0.5) is 0 Å². The summed E-state index contributed by atoms with van der Waals surface area (Å²) in [6.45, 7) is 11.1. The molecule has 1 nitrogen and oxygen atoms in total. The summed E-state index contributed by atoms with van der Waals surface area (Å²) in [5.41, 5.74) is 1.84. The number of nitrogens with one attached hydrogen (secondary N) is 1. The first-order valence-electron chi connectivity index (χ1n) is 6.42. The molecule has 1 aromatic rings. The molecule has 100 valence electrons. The van der Waals surface area contributed by atoms with Crippen molar-refractivity contribution in [3.8, 4) is 0 Å². The van der Waals surface area contributed by atoms with Gasteiger partial charge in [-0.05, 0) is 35.4 Å². The van der Waals surface area contributed by atoms with Gasteiger partial charge in [0.05, 0.1) is 0 Å². The Morgan fingerprint density at radius 1 is 1.06 bits per heavy atom. The average molecular weight is 286 g/mol. The molecule has 1 aromatic carbocycles. The lowest BCUT2D eigenvalue weighted by atomic mass is 10.0. The van der Waals surface area contributed by atoms with Gasteiger partial charge in [-0.1, -0.05) is 57.0 Å². The first kappa shape index (κ1) is 14.2. The van der Waals surface area contributed by atoms with Crippen LogP contribution in [0.1, 0.15) is 33.3 Å². The van der Waals surface area contributed by atoms with Gasteiger partial charge in [0, 0.05) is 22.2 Å². The fourth-order valence-electron chi connectivity index (χ4n) is 2.89. The maximum Gasteiger partial charge on any atom is 0.0465 e. The summed E-state index contributed by atoms with van der Waals surface area (Å²) in [5, 5.41) is 4.97. The summed E-state index contributed by atoms with van der Waals surface area (Å²) in [6.07, 6.45) is 0. The van der Waals surface area contributed by atoms with E-state index in [9.17, 15) is 0 Å². The molecule has 3 heteroatoms. The number of hydrogen-bond acceptors (Lipinski definition) is 1. The molecule has 0 spiro atoms. The predicted molar refractivity (Wildman–Crippen MR) is 79.2 cm³/mol. The second-order valence-electron chi connectivity index (χ2n) is 6.33. The van der Waals surface area contributed by atoms with E-state index in [1.54, 1.807) is 0 Å². The normalized spacial score (nSPS) is 21.0. The minimum absolute atomic E-state index is 0.421. The third-order valence-electron chi connectivity index (χ3n) is 5.03. The Hall–Kier alpha value is -0.240. The average Bonchev–Trinajstić information content (AvgIpc) is 2.64. The molecule has 18 heavy (non-hydrogen) atoms. The number of rotatable bonds is 4. The van der Waals surface area contributed by atoms with E-state index in [-0.39, 0.29) is 0 Å². The van der Waals surface area contributed by atoms with Crippen LogP contribution in [-0.4, -0.2) is 6.54 Å². The Balaban J connectivity index is 1.91. The van der Waals surface area contributed by atoms with Crippen LogP contribution in [-0.2, 0) is 6.54 Å².